The lowest BCUT2D eigenvalue weighted by Gasteiger charge is -2.35. The Balaban J connectivity index is 1.49. The number of sulfonamides is 1. The second kappa shape index (κ2) is 7.89. The number of thiophene rings is 1. The summed E-state index contributed by atoms with van der Waals surface area (Å²) in [7, 11) is -1.69. The summed E-state index contributed by atoms with van der Waals surface area (Å²) in [6, 6.07) is 11.7. The number of hydrogen-bond acceptors (Lipinski definition) is 4. The number of fused-ring (bicyclic) bond motifs is 1. The summed E-state index contributed by atoms with van der Waals surface area (Å²) in [4.78, 5) is 15.0. The van der Waals surface area contributed by atoms with Gasteiger partial charge in [0.15, 0.2) is 0 Å². The fourth-order valence-electron chi connectivity index (χ4n) is 4.30. The van der Waals surface area contributed by atoms with E-state index in [1.54, 1.807) is 12.1 Å². The SMILES string of the molecule is CN(C(=O)C1CCCN(S(=O)(=O)c2ccc(Br)s2)C1)C1CCc2ccccc21. The van der Waals surface area contributed by atoms with Crippen molar-refractivity contribution in [3.05, 3.63) is 51.3 Å². The summed E-state index contributed by atoms with van der Waals surface area (Å²) in [6.45, 7) is 0.729. The second-order valence-corrected chi connectivity index (χ2v) is 12.1. The number of amides is 1. The number of nitrogens with zero attached hydrogens (tertiary/aromatic N) is 2. The standard InChI is InChI=1S/C20H23BrN2O3S2/c1-22(17-9-8-14-5-2-3-7-16(14)17)20(24)15-6-4-12-23(13-15)28(25,26)19-11-10-18(21)27-19/h2-3,5,7,10-11,15,17H,4,6,8-9,12-13H2,1H3. The van der Waals surface area contributed by atoms with Gasteiger partial charge >= 0.3 is 0 Å². The van der Waals surface area contributed by atoms with Crippen LogP contribution in [0, 0.1) is 5.92 Å². The highest BCUT2D eigenvalue weighted by Gasteiger charge is 2.37. The maximum absolute atomic E-state index is 13.2. The first-order valence-corrected chi connectivity index (χ1v) is 12.5. The van der Waals surface area contributed by atoms with Crippen molar-refractivity contribution in [3.63, 3.8) is 0 Å². The average Bonchev–Trinajstić information content (AvgIpc) is 3.33. The van der Waals surface area contributed by atoms with Gasteiger partial charge in [-0.15, -0.1) is 11.3 Å². The van der Waals surface area contributed by atoms with Gasteiger partial charge in [-0.3, -0.25) is 4.79 Å². The van der Waals surface area contributed by atoms with E-state index < -0.39 is 10.0 Å². The van der Waals surface area contributed by atoms with Crippen LogP contribution in [0.3, 0.4) is 0 Å². The first-order chi connectivity index (χ1) is 13.4. The van der Waals surface area contributed by atoms with Gasteiger partial charge in [0, 0.05) is 20.1 Å². The maximum atomic E-state index is 13.2. The van der Waals surface area contributed by atoms with Gasteiger partial charge in [0.2, 0.25) is 5.91 Å². The van der Waals surface area contributed by atoms with Crippen LogP contribution in [0.1, 0.15) is 36.4 Å². The van der Waals surface area contributed by atoms with Gasteiger partial charge in [-0.05, 0) is 64.9 Å². The van der Waals surface area contributed by atoms with Crippen LogP contribution >= 0.6 is 27.3 Å². The summed E-state index contributed by atoms with van der Waals surface area (Å²) < 4.78 is 28.5. The summed E-state index contributed by atoms with van der Waals surface area (Å²) in [6.07, 6.45) is 3.35. The molecule has 2 atom stereocenters. The molecule has 1 saturated heterocycles. The van der Waals surface area contributed by atoms with Crippen molar-refractivity contribution in [3.8, 4) is 0 Å². The zero-order valence-electron chi connectivity index (χ0n) is 15.7. The molecule has 8 heteroatoms. The van der Waals surface area contributed by atoms with E-state index in [0.29, 0.717) is 17.2 Å². The van der Waals surface area contributed by atoms with E-state index in [1.807, 2.05) is 24.1 Å². The molecule has 2 aromatic rings. The number of piperidine rings is 1. The molecule has 0 radical (unpaired) electrons. The van der Waals surface area contributed by atoms with Gasteiger partial charge in [-0.2, -0.15) is 4.31 Å². The van der Waals surface area contributed by atoms with Crippen LogP contribution in [0.25, 0.3) is 0 Å². The Hall–Kier alpha value is -1.22. The predicted octanol–water partition coefficient (Wildman–Crippen LogP) is 4.06. The van der Waals surface area contributed by atoms with Crippen molar-refractivity contribution in [1.29, 1.82) is 0 Å². The molecule has 1 aromatic carbocycles. The van der Waals surface area contributed by atoms with Gasteiger partial charge in [0.25, 0.3) is 10.0 Å². The van der Waals surface area contributed by atoms with E-state index in [4.69, 9.17) is 0 Å². The maximum Gasteiger partial charge on any atom is 0.252 e. The van der Waals surface area contributed by atoms with Crippen LogP contribution < -0.4 is 0 Å². The Morgan fingerprint density at radius 3 is 2.75 bits per heavy atom. The van der Waals surface area contributed by atoms with Crippen molar-refractivity contribution in [1.82, 2.24) is 9.21 Å². The lowest BCUT2D eigenvalue weighted by Crippen LogP contribution is -2.46. The molecule has 1 aliphatic heterocycles. The minimum Gasteiger partial charge on any atom is -0.338 e. The molecule has 1 amide bonds. The van der Waals surface area contributed by atoms with Gasteiger partial charge in [-0.25, -0.2) is 8.42 Å². The topological polar surface area (TPSA) is 57.7 Å². The smallest absolute Gasteiger partial charge is 0.252 e. The lowest BCUT2D eigenvalue weighted by molar-refractivity contribution is -0.137. The average molecular weight is 483 g/mol. The number of halogens is 1. The highest BCUT2D eigenvalue weighted by molar-refractivity contribution is 9.11. The predicted molar refractivity (Wildman–Crippen MR) is 114 cm³/mol. The molecule has 0 spiro atoms. The fraction of sp³-hybridized carbons (Fsp3) is 0.450. The Labute approximate surface area is 178 Å². The molecule has 0 saturated carbocycles. The van der Waals surface area contributed by atoms with E-state index in [0.717, 1.165) is 23.0 Å². The highest BCUT2D eigenvalue weighted by Crippen LogP contribution is 2.37. The zero-order valence-corrected chi connectivity index (χ0v) is 18.9. The van der Waals surface area contributed by atoms with Crippen LogP contribution in [0.4, 0.5) is 0 Å². The number of rotatable bonds is 4. The molecule has 4 rings (SSSR count). The third-order valence-electron chi connectivity index (χ3n) is 5.79. The largest absolute Gasteiger partial charge is 0.338 e. The molecule has 0 N–H and O–H groups in total. The van der Waals surface area contributed by atoms with E-state index >= 15 is 0 Å². The molecule has 5 nitrogen and oxygen atoms in total. The normalized spacial score (nSPS) is 22.8. The number of benzene rings is 1. The van der Waals surface area contributed by atoms with E-state index in [-0.39, 0.29) is 24.4 Å². The van der Waals surface area contributed by atoms with Crippen LogP contribution in [-0.2, 0) is 21.2 Å². The van der Waals surface area contributed by atoms with E-state index in [9.17, 15) is 13.2 Å². The molecular weight excluding hydrogens is 460 g/mol. The Morgan fingerprint density at radius 1 is 1.21 bits per heavy atom. The monoisotopic (exact) mass is 482 g/mol. The molecule has 1 aliphatic carbocycles. The van der Waals surface area contributed by atoms with E-state index in [2.05, 4.69) is 28.1 Å². The van der Waals surface area contributed by atoms with E-state index in [1.165, 1.54) is 26.8 Å². The van der Waals surface area contributed by atoms with Gasteiger partial charge < -0.3 is 4.90 Å². The summed E-state index contributed by atoms with van der Waals surface area (Å²) in [5.41, 5.74) is 2.53. The molecule has 28 heavy (non-hydrogen) atoms. The van der Waals surface area contributed by atoms with Crippen LogP contribution in [-0.4, -0.2) is 43.7 Å². The second-order valence-electron chi connectivity index (χ2n) is 7.46. The van der Waals surface area contributed by atoms with Crippen molar-refractivity contribution in [2.24, 2.45) is 5.92 Å². The molecule has 1 aromatic heterocycles. The summed E-state index contributed by atoms with van der Waals surface area (Å²) in [5.74, 6) is -0.237. The Morgan fingerprint density at radius 2 is 2.00 bits per heavy atom. The summed E-state index contributed by atoms with van der Waals surface area (Å²) >= 11 is 4.54. The van der Waals surface area contributed by atoms with Gasteiger partial charge in [0.1, 0.15) is 4.21 Å². The molecule has 150 valence electrons. The third kappa shape index (κ3) is 3.67. The Bertz CT molecular complexity index is 989. The quantitative estimate of drug-likeness (QED) is 0.659. The van der Waals surface area contributed by atoms with Gasteiger partial charge in [-0.1, -0.05) is 24.3 Å². The first kappa shape index (κ1) is 20.1. The number of aryl methyl sites for hydroxylation is 1. The molecule has 2 aliphatic rings. The minimum absolute atomic E-state index is 0.0500. The zero-order chi connectivity index (χ0) is 19.9. The van der Waals surface area contributed by atoms with Gasteiger partial charge in [0.05, 0.1) is 15.7 Å². The van der Waals surface area contributed by atoms with Crippen LogP contribution in [0.15, 0.2) is 44.4 Å². The number of carbonyl (C=O) groups is 1. The van der Waals surface area contributed by atoms with Crippen molar-refractivity contribution in [2.75, 3.05) is 20.1 Å². The van der Waals surface area contributed by atoms with Crippen LogP contribution in [0.5, 0.6) is 0 Å². The lowest BCUT2D eigenvalue weighted by atomic mass is 9.97. The molecule has 1 fully saturated rings. The van der Waals surface area contributed by atoms with Crippen molar-refractivity contribution >= 4 is 43.2 Å². The van der Waals surface area contributed by atoms with Crippen molar-refractivity contribution < 1.29 is 13.2 Å². The van der Waals surface area contributed by atoms with Crippen LogP contribution in [0.2, 0.25) is 0 Å². The first-order valence-electron chi connectivity index (χ1n) is 9.48. The Kier molecular flexibility index (Phi) is 5.66. The third-order valence-corrected chi connectivity index (χ3v) is 9.75. The number of hydrogen-bond donors (Lipinski definition) is 0. The highest BCUT2D eigenvalue weighted by atomic mass is 79.9. The molecule has 2 heterocycles. The minimum atomic E-state index is -3.55. The molecule has 0 bridgehead atoms. The molecular formula is C20H23BrN2O3S2. The number of carbonyl (C=O) groups excluding carboxylic acids is 1. The molecule has 2 unspecified atom stereocenters. The summed E-state index contributed by atoms with van der Waals surface area (Å²) in [5, 5.41) is 0. The fourth-order valence-corrected chi connectivity index (χ4v) is 7.99. The van der Waals surface area contributed by atoms with Crippen molar-refractivity contribution in [2.45, 2.75) is 35.9 Å².